The number of benzene rings is 1. The molecule has 0 heterocycles. The van der Waals surface area contributed by atoms with Crippen molar-refractivity contribution in [1.82, 2.24) is 4.72 Å². The van der Waals surface area contributed by atoms with Gasteiger partial charge in [0.1, 0.15) is 4.90 Å². The van der Waals surface area contributed by atoms with Gasteiger partial charge in [0.25, 0.3) is 0 Å². The first-order valence-corrected chi connectivity index (χ1v) is 7.29. The van der Waals surface area contributed by atoms with Crippen LogP contribution >= 0.6 is 11.6 Å². The van der Waals surface area contributed by atoms with Gasteiger partial charge in [0, 0.05) is 24.8 Å². The quantitative estimate of drug-likeness (QED) is 0.781. The van der Waals surface area contributed by atoms with E-state index in [-0.39, 0.29) is 16.6 Å². The second-order valence-electron chi connectivity index (χ2n) is 3.99. The molecule has 0 aliphatic heterocycles. The molecule has 3 N–H and O–H groups in total. The summed E-state index contributed by atoms with van der Waals surface area (Å²) in [6, 6.07) is 4.07. The maximum absolute atomic E-state index is 12.1. The van der Waals surface area contributed by atoms with E-state index in [1.807, 2.05) is 0 Å². The summed E-state index contributed by atoms with van der Waals surface area (Å²) >= 11 is 5.73. The largest absolute Gasteiger partial charge is 0.398 e. The van der Waals surface area contributed by atoms with Crippen LogP contribution in [0.3, 0.4) is 0 Å². The fourth-order valence-electron chi connectivity index (χ4n) is 1.45. The van der Waals surface area contributed by atoms with Crippen LogP contribution in [0.4, 0.5) is 5.69 Å². The lowest BCUT2D eigenvalue weighted by atomic mass is 10.3. The molecule has 0 aliphatic rings. The Morgan fingerprint density at radius 2 is 2.17 bits per heavy atom. The monoisotopic (exact) mass is 292 g/mol. The van der Waals surface area contributed by atoms with Crippen molar-refractivity contribution in [3.63, 3.8) is 0 Å². The maximum Gasteiger partial charge on any atom is 0.242 e. The Morgan fingerprint density at radius 1 is 1.50 bits per heavy atom. The highest BCUT2D eigenvalue weighted by atomic mass is 35.5. The van der Waals surface area contributed by atoms with Crippen molar-refractivity contribution in [3.8, 4) is 0 Å². The minimum Gasteiger partial charge on any atom is -0.398 e. The Hall–Kier alpha value is -0.820. The van der Waals surface area contributed by atoms with E-state index in [2.05, 4.69) is 4.72 Å². The van der Waals surface area contributed by atoms with Crippen molar-refractivity contribution < 1.29 is 13.2 Å². The van der Waals surface area contributed by atoms with Crippen LogP contribution < -0.4 is 10.5 Å². The maximum atomic E-state index is 12.1. The standard InChI is InChI=1S/C11H17ClN2O3S/c1-8(5-6-17-2)14-18(15,16)11-4-3-9(12)7-10(11)13/h3-4,7-8,14H,5-6,13H2,1-2H3. The van der Waals surface area contributed by atoms with E-state index in [9.17, 15) is 8.42 Å². The van der Waals surface area contributed by atoms with Crippen LogP contribution in [0.2, 0.25) is 5.02 Å². The second kappa shape index (κ2) is 6.38. The summed E-state index contributed by atoms with van der Waals surface area (Å²) in [5.41, 5.74) is 5.79. The molecular weight excluding hydrogens is 276 g/mol. The van der Waals surface area contributed by atoms with Crippen molar-refractivity contribution >= 4 is 27.3 Å². The Kier molecular flexibility index (Phi) is 5.40. The summed E-state index contributed by atoms with van der Waals surface area (Å²) in [7, 11) is -2.06. The normalized spacial score (nSPS) is 13.5. The van der Waals surface area contributed by atoms with Crippen LogP contribution in [-0.2, 0) is 14.8 Å². The van der Waals surface area contributed by atoms with Crippen LogP contribution in [0.25, 0.3) is 0 Å². The van der Waals surface area contributed by atoms with E-state index in [1.165, 1.54) is 18.2 Å². The van der Waals surface area contributed by atoms with Gasteiger partial charge >= 0.3 is 0 Å². The van der Waals surface area contributed by atoms with Crippen LogP contribution in [0.5, 0.6) is 0 Å². The average molecular weight is 293 g/mol. The predicted molar refractivity (Wildman–Crippen MR) is 72.1 cm³/mol. The smallest absolute Gasteiger partial charge is 0.242 e. The minimum atomic E-state index is -3.63. The molecule has 0 radical (unpaired) electrons. The highest BCUT2D eigenvalue weighted by Crippen LogP contribution is 2.22. The molecule has 0 saturated carbocycles. The van der Waals surface area contributed by atoms with Gasteiger partial charge in [-0.15, -0.1) is 0 Å². The molecule has 5 nitrogen and oxygen atoms in total. The molecular formula is C11H17ClN2O3S. The molecule has 102 valence electrons. The molecule has 18 heavy (non-hydrogen) atoms. The first kappa shape index (κ1) is 15.2. The number of nitrogen functional groups attached to an aromatic ring is 1. The Balaban J connectivity index is 2.86. The zero-order chi connectivity index (χ0) is 13.8. The van der Waals surface area contributed by atoms with E-state index in [0.717, 1.165) is 0 Å². The zero-order valence-electron chi connectivity index (χ0n) is 10.3. The van der Waals surface area contributed by atoms with Gasteiger partial charge in [0.2, 0.25) is 10.0 Å². The fourth-order valence-corrected chi connectivity index (χ4v) is 3.02. The number of hydrogen-bond donors (Lipinski definition) is 2. The number of ether oxygens (including phenoxy) is 1. The number of rotatable bonds is 6. The lowest BCUT2D eigenvalue weighted by Gasteiger charge is -2.15. The predicted octanol–water partition coefficient (Wildman–Crippen LogP) is 1.63. The summed E-state index contributed by atoms with van der Waals surface area (Å²) in [6.07, 6.45) is 0.587. The van der Waals surface area contributed by atoms with Crippen LogP contribution in [0.15, 0.2) is 23.1 Å². The van der Waals surface area contributed by atoms with Crippen molar-refractivity contribution in [3.05, 3.63) is 23.2 Å². The number of hydrogen-bond acceptors (Lipinski definition) is 4. The second-order valence-corrected chi connectivity index (χ2v) is 6.10. The average Bonchev–Trinajstić information content (AvgIpc) is 2.25. The van der Waals surface area contributed by atoms with Crippen LogP contribution in [-0.4, -0.2) is 28.2 Å². The highest BCUT2D eigenvalue weighted by Gasteiger charge is 2.19. The molecule has 1 atom stereocenters. The topological polar surface area (TPSA) is 81.4 Å². The molecule has 0 aliphatic carbocycles. The Morgan fingerprint density at radius 3 is 2.72 bits per heavy atom. The van der Waals surface area contributed by atoms with E-state index in [1.54, 1.807) is 14.0 Å². The summed E-state index contributed by atoms with van der Waals surface area (Å²) in [4.78, 5) is 0.0381. The van der Waals surface area contributed by atoms with E-state index >= 15 is 0 Å². The number of nitrogens with one attached hydrogen (secondary N) is 1. The summed E-state index contributed by atoms with van der Waals surface area (Å²) in [6.45, 7) is 2.25. The molecule has 1 aromatic carbocycles. The number of methoxy groups -OCH3 is 1. The number of nitrogens with two attached hydrogens (primary N) is 1. The molecule has 1 unspecified atom stereocenters. The molecule has 0 bridgehead atoms. The Labute approximate surface area is 112 Å². The van der Waals surface area contributed by atoms with E-state index in [4.69, 9.17) is 22.1 Å². The van der Waals surface area contributed by atoms with Gasteiger partial charge in [-0.2, -0.15) is 0 Å². The van der Waals surface area contributed by atoms with Crippen molar-refractivity contribution in [2.24, 2.45) is 0 Å². The highest BCUT2D eigenvalue weighted by molar-refractivity contribution is 7.89. The lowest BCUT2D eigenvalue weighted by Crippen LogP contribution is -2.33. The molecule has 7 heteroatoms. The number of anilines is 1. The number of halogens is 1. The molecule has 0 fully saturated rings. The van der Waals surface area contributed by atoms with E-state index in [0.29, 0.717) is 18.1 Å². The van der Waals surface area contributed by atoms with Gasteiger partial charge < -0.3 is 10.5 Å². The van der Waals surface area contributed by atoms with Crippen LogP contribution in [0.1, 0.15) is 13.3 Å². The first-order valence-electron chi connectivity index (χ1n) is 5.43. The summed E-state index contributed by atoms with van der Waals surface area (Å²) < 4.78 is 31.6. The molecule has 0 aromatic heterocycles. The van der Waals surface area contributed by atoms with E-state index < -0.39 is 10.0 Å². The van der Waals surface area contributed by atoms with Gasteiger partial charge in [0.05, 0.1) is 5.69 Å². The van der Waals surface area contributed by atoms with Crippen molar-refractivity contribution in [2.75, 3.05) is 19.5 Å². The lowest BCUT2D eigenvalue weighted by molar-refractivity contribution is 0.188. The third-order valence-corrected chi connectivity index (χ3v) is 4.27. The molecule has 1 rings (SSSR count). The van der Waals surface area contributed by atoms with Gasteiger partial charge in [-0.05, 0) is 31.5 Å². The SMILES string of the molecule is COCCC(C)NS(=O)(=O)c1ccc(Cl)cc1N. The zero-order valence-corrected chi connectivity index (χ0v) is 11.9. The van der Waals surface area contributed by atoms with Gasteiger partial charge in [-0.25, -0.2) is 13.1 Å². The first-order chi connectivity index (χ1) is 8.36. The molecule has 0 saturated heterocycles. The van der Waals surface area contributed by atoms with Crippen molar-refractivity contribution in [1.29, 1.82) is 0 Å². The van der Waals surface area contributed by atoms with Gasteiger partial charge in [-0.3, -0.25) is 0 Å². The van der Waals surface area contributed by atoms with Gasteiger partial charge in [0.15, 0.2) is 0 Å². The van der Waals surface area contributed by atoms with Gasteiger partial charge in [-0.1, -0.05) is 11.6 Å². The van der Waals surface area contributed by atoms with Crippen LogP contribution in [0, 0.1) is 0 Å². The molecule has 0 amide bonds. The minimum absolute atomic E-state index is 0.0381. The fraction of sp³-hybridized carbons (Fsp3) is 0.455. The Bertz CT molecular complexity index is 505. The summed E-state index contributed by atoms with van der Waals surface area (Å²) in [5, 5.41) is 0.402. The van der Waals surface area contributed by atoms with Crippen molar-refractivity contribution in [2.45, 2.75) is 24.3 Å². The number of sulfonamides is 1. The third kappa shape index (κ3) is 4.13. The summed E-state index contributed by atoms with van der Waals surface area (Å²) in [5.74, 6) is 0. The third-order valence-electron chi connectivity index (χ3n) is 2.37. The molecule has 0 spiro atoms. The molecule has 1 aromatic rings.